The van der Waals surface area contributed by atoms with Gasteiger partial charge in [-0.05, 0) is 44.4 Å². The van der Waals surface area contributed by atoms with Gasteiger partial charge in [0, 0.05) is 12.6 Å². The molecule has 1 atom stereocenters. The average Bonchev–Trinajstić information content (AvgIpc) is 3.04. The molecule has 0 aromatic carbocycles. The fourth-order valence-corrected chi connectivity index (χ4v) is 3.96. The van der Waals surface area contributed by atoms with Gasteiger partial charge in [0.15, 0.2) is 5.82 Å². The molecule has 0 unspecified atom stereocenters. The van der Waals surface area contributed by atoms with Crippen molar-refractivity contribution < 1.29 is 4.52 Å². The first kappa shape index (κ1) is 20.3. The van der Waals surface area contributed by atoms with E-state index >= 15 is 0 Å². The number of nitrogens with two attached hydrogens (primary N) is 1. The van der Waals surface area contributed by atoms with Gasteiger partial charge in [-0.25, -0.2) is 4.79 Å². The second-order valence-electron chi connectivity index (χ2n) is 8.07. The number of aromatic amines is 1. The molecule has 9 nitrogen and oxygen atoms in total. The van der Waals surface area contributed by atoms with Crippen LogP contribution < -0.4 is 27.4 Å². The maximum Gasteiger partial charge on any atom is 0.438 e. The van der Waals surface area contributed by atoms with E-state index in [1.54, 1.807) is 0 Å². The van der Waals surface area contributed by atoms with Crippen molar-refractivity contribution >= 4 is 5.84 Å². The SMILES string of the molecule is C[C@@H](NC(NCc1noc(=O)[nH]1)=C(NCC1CCCCC1)C(=N)N)C1CCC1. The Kier molecular flexibility index (Phi) is 7.00. The lowest BCUT2D eigenvalue weighted by Gasteiger charge is -2.34. The molecular formula is C19H33N7O2. The van der Waals surface area contributed by atoms with Crippen LogP contribution in [0.2, 0.25) is 0 Å². The third-order valence-corrected chi connectivity index (χ3v) is 5.96. The van der Waals surface area contributed by atoms with Crippen LogP contribution in [0.25, 0.3) is 0 Å². The molecule has 1 heterocycles. The van der Waals surface area contributed by atoms with Crippen molar-refractivity contribution in [3.8, 4) is 0 Å². The third kappa shape index (κ3) is 5.53. The number of hydrogen-bond acceptors (Lipinski definition) is 7. The van der Waals surface area contributed by atoms with E-state index in [1.807, 2.05) is 0 Å². The number of rotatable bonds is 10. The van der Waals surface area contributed by atoms with Gasteiger partial charge in [0.2, 0.25) is 0 Å². The summed E-state index contributed by atoms with van der Waals surface area (Å²) in [6.45, 7) is 3.23. The summed E-state index contributed by atoms with van der Waals surface area (Å²) in [5.41, 5.74) is 6.49. The first-order valence-electron chi connectivity index (χ1n) is 10.4. The summed E-state index contributed by atoms with van der Waals surface area (Å²) in [5.74, 6) is 1.71. The Labute approximate surface area is 165 Å². The second-order valence-corrected chi connectivity index (χ2v) is 8.07. The van der Waals surface area contributed by atoms with E-state index in [-0.39, 0.29) is 18.4 Å². The van der Waals surface area contributed by atoms with Crippen LogP contribution in [0.5, 0.6) is 0 Å². The van der Waals surface area contributed by atoms with Crippen molar-refractivity contribution in [3.63, 3.8) is 0 Å². The van der Waals surface area contributed by atoms with Crippen molar-refractivity contribution in [2.24, 2.45) is 17.6 Å². The van der Waals surface area contributed by atoms with Crippen molar-refractivity contribution in [1.82, 2.24) is 26.1 Å². The van der Waals surface area contributed by atoms with E-state index < -0.39 is 5.76 Å². The highest BCUT2D eigenvalue weighted by Gasteiger charge is 2.25. The second kappa shape index (κ2) is 9.66. The molecule has 0 bridgehead atoms. The lowest BCUT2D eigenvalue weighted by molar-refractivity contribution is 0.247. The van der Waals surface area contributed by atoms with Gasteiger partial charge < -0.3 is 21.7 Å². The minimum atomic E-state index is -0.583. The predicted molar refractivity (Wildman–Crippen MR) is 107 cm³/mol. The molecule has 1 aromatic rings. The maximum atomic E-state index is 11.2. The van der Waals surface area contributed by atoms with Crippen molar-refractivity contribution in [3.05, 3.63) is 27.9 Å². The van der Waals surface area contributed by atoms with Gasteiger partial charge in [0.05, 0.1) is 6.54 Å². The van der Waals surface area contributed by atoms with Crippen molar-refractivity contribution in [2.75, 3.05) is 6.54 Å². The number of nitrogens with one attached hydrogen (secondary N) is 5. The minimum absolute atomic E-state index is 0.0136. The molecule has 2 fully saturated rings. The van der Waals surface area contributed by atoms with Crippen LogP contribution in [0.1, 0.15) is 64.1 Å². The Morgan fingerprint density at radius 1 is 1.25 bits per heavy atom. The van der Waals surface area contributed by atoms with E-state index in [2.05, 4.69) is 37.5 Å². The molecule has 28 heavy (non-hydrogen) atoms. The summed E-state index contributed by atoms with van der Waals surface area (Å²) in [4.78, 5) is 13.7. The van der Waals surface area contributed by atoms with Gasteiger partial charge in [-0.15, -0.1) is 0 Å². The fourth-order valence-electron chi connectivity index (χ4n) is 3.96. The van der Waals surface area contributed by atoms with Crippen molar-refractivity contribution in [2.45, 2.75) is 70.9 Å². The minimum Gasteiger partial charge on any atom is -0.382 e. The van der Waals surface area contributed by atoms with E-state index in [4.69, 9.17) is 11.1 Å². The largest absolute Gasteiger partial charge is 0.438 e. The monoisotopic (exact) mass is 391 g/mol. The third-order valence-electron chi connectivity index (χ3n) is 5.96. The van der Waals surface area contributed by atoms with E-state index in [0.717, 1.165) is 6.54 Å². The lowest BCUT2D eigenvalue weighted by Crippen LogP contribution is -2.44. The molecule has 1 aromatic heterocycles. The molecule has 3 rings (SSSR count). The number of hydrogen-bond donors (Lipinski definition) is 6. The van der Waals surface area contributed by atoms with Gasteiger partial charge in [0.25, 0.3) is 0 Å². The maximum absolute atomic E-state index is 11.2. The molecular weight excluding hydrogens is 358 g/mol. The van der Waals surface area contributed by atoms with Gasteiger partial charge in [-0.3, -0.25) is 14.9 Å². The van der Waals surface area contributed by atoms with Gasteiger partial charge >= 0.3 is 5.76 Å². The van der Waals surface area contributed by atoms with E-state index in [9.17, 15) is 4.79 Å². The Hall–Kier alpha value is -2.45. The highest BCUT2D eigenvalue weighted by atomic mass is 16.5. The standard InChI is InChI=1S/C19H33N7O2/c1-12(14-8-5-9-14)24-18(23-11-15-25-19(27)28-26-15)16(17(20)21)22-10-13-6-3-2-4-7-13/h12-14,22-24H,2-11H2,1H3,(H3,20,21)(H,25,26,27)/t12-/m1/s1. The Morgan fingerprint density at radius 2 is 2.00 bits per heavy atom. The molecule has 2 aliphatic rings. The van der Waals surface area contributed by atoms with E-state index in [0.29, 0.717) is 29.2 Å². The predicted octanol–water partition coefficient (Wildman–Crippen LogP) is 1.51. The molecule has 0 spiro atoms. The molecule has 0 aliphatic heterocycles. The quantitative estimate of drug-likeness (QED) is 0.262. The molecule has 2 aliphatic carbocycles. The zero-order valence-electron chi connectivity index (χ0n) is 16.6. The van der Waals surface area contributed by atoms with Gasteiger partial charge in [0.1, 0.15) is 17.4 Å². The summed E-state index contributed by atoms with van der Waals surface area (Å²) >= 11 is 0. The zero-order chi connectivity index (χ0) is 19.9. The molecule has 0 saturated heterocycles. The Balaban J connectivity index is 1.71. The topological polar surface area (TPSA) is 145 Å². The Morgan fingerprint density at radius 3 is 2.57 bits per heavy atom. The number of amidine groups is 1. The molecule has 156 valence electrons. The van der Waals surface area contributed by atoms with Crippen LogP contribution in [0.4, 0.5) is 0 Å². The first-order valence-corrected chi connectivity index (χ1v) is 10.4. The summed E-state index contributed by atoms with van der Waals surface area (Å²) in [6.07, 6.45) is 9.98. The van der Waals surface area contributed by atoms with Crippen LogP contribution in [0.3, 0.4) is 0 Å². The van der Waals surface area contributed by atoms with Crippen molar-refractivity contribution in [1.29, 1.82) is 5.41 Å². The summed E-state index contributed by atoms with van der Waals surface area (Å²) in [7, 11) is 0. The van der Waals surface area contributed by atoms with Crippen LogP contribution in [0, 0.1) is 17.2 Å². The molecule has 2 saturated carbocycles. The zero-order valence-corrected chi connectivity index (χ0v) is 16.6. The van der Waals surface area contributed by atoms with Gasteiger partial charge in [-0.1, -0.05) is 30.8 Å². The first-order chi connectivity index (χ1) is 13.5. The van der Waals surface area contributed by atoms with Crippen LogP contribution >= 0.6 is 0 Å². The summed E-state index contributed by atoms with van der Waals surface area (Å²) in [5, 5.41) is 21.9. The average molecular weight is 392 g/mol. The number of aromatic nitrogens is 2. The van der Waals surface area contributed by atoms with Crippen LogP contribution in [-0.2, 0) is 6.54 Å². The van der Waals surface area contributed by atoms with Crippen LogP contribution in [-0.4, -0.2) is 28.6 Å². The fraction of sp³-hybridized carbons (Fsp3) is 0.737. The smallest absolute Gasteiger partial charge is 0.382 e. The van der Waals surface area contributed by atoms with Gasteiger partial charge in [-0.2, -0.15) is 0 Å². The highest BCUT2D eigenvalue weighted by molar-refractivity contribution is 5.94. The Bertz CT molecular complexity index is 729. The highest BCUT2D eigenvalue weighted by Crippen LogP contribution is 2.29. The molecule has 0 amide bonds. The number of nitrogens with zero attached hydrogens (tertiary/aromatic N) is 1. The summed E-state index contributed by atoms with van der Waals surface area (Å²) in [6, 6.07) is 0.262. The van der Waals surface area contributed by atoms with Crippen LogP contribution in [0.15, 0.2) is 20.8 Å². The summed E-state index contributed by atoms with van der Waals surface area (Å²) < 4.78 is 4.56. The number of H-pyrrole nitrogens is 1. The molecule has 9 heteroatoms. The normalized spacial score (nSPS) is 20.0. The molecule has 7 N–H and O–H groups in total. The van der Waals surface area contributed by atoms with E-state index in [1.165, 1.54) is 51.4 Å². The molecule has 0 radical (unpaired) electrons. The lowest BCUT2D eigenvalue weighted by atomic mass is 9.80.